The fraction of sp³-hybridized carbons (Fsp3) is 0.556. The van der Waals surface area contributed by atoms with Crippen LogP contribution in [0.25, 0.3) is 0 Å². The second kappa shape index (κ2) is 3.22. The maximum atomic E-state index is 11.7. The first-order valence-corrected chi connectivity index (χ1v) is 5.60. The normalized spacial score (nSPS) is 17.9. The molecule has 1 saturated carbocycles. The molecule has 4 nitrogen and oxygen atoms in total. The second-order valence-electron chi connectivity index (χ2n) is 3.99. The molecule has 5 heteroatoms. The third kappa shape index (κ3) is 1.65. The molecule has 1 amide bonds. The minimum atomic E-state index is -0.126. The van der Waals surface area contributed by atoms with E-state index in [1.165, 1.54) is 0 Å². The van der Waals surface area contributed by atoms with Crippen LogP contribution in [0.4, 0.5) is 5.69 Å². The van der Waals surface area contributed by atoms with Gasteiger partial charge in [0.2, 0.25) is 5.91 Å². The number of anilines is 1. The molecule has 0 atom stereocenters. The molecule has 1 N–H and O–H groups in total. The van der Waals surface area contributed by atoms with Crippen LogP contribution in [0, 0.1) is 9.12 Å². The topological polar surface area (TPSA) is 46.9 Å². The van der Waals surface area contributed by atoms with Crippen molar-refractivity contribution in [3.8, 4) is 0 Å². The summed E-state index contributed by atoms with van der Waals surface area (Å²) >= 11 is 2.17. The summed E-state index contributed by atoms with van der Waals surface area (Å²) in [6.45, 7) is 1.99. The van der Waals surface area contributed by atoms with E-state index in [9.17, 15) is 4.79 Å². The Morgan fingerprint density at radius 2 is 2.36 bits per heavy atom. The van der Waals surface area contributed by atoms with Gasteiger partial charge in [-0.05, 0) is 35.4 Å². The average molecular weight is 305 g/mol. The molecule has 0 unspecified atom stereocenters. The highest BCUT2D eigenvalue weighted by Gasteiger charge is 2.45. The van der Waals surface area contributed by atoms with Gasteiger partial charge in [-0.15, -0.1) is 0 Å². The van der Waals surface area contributed by atoms with Crippen LogP contribution in [0.1, 0.15) is 19.8 Å². The van der Waals surface area contributed by atoms with Gasteiger partial charge in [-0.3, -0.25) is 9.48 Å². The lowest BCUT2D eigenvalue weighted by Crippen LogP contribution is -2.21. The van der Waals surface area contributed by atoms with Crippen LogP contribution in [0.3, 0.4) is 0 Å². The number of hydrogen-bond acceptors (Lipinski definition) is 2. The van der Waals surface area contributed by atoms with Crippen molar-refractivity contribution in [2.45, 2.75) is 19.8 Å². The van der Waals surface area contributed by atoms with E-state index in [2.05, 4.69) is 33.0 Å². The molecule has 2 rings (SSSR count). The van der Waals surface area contributed by atoms with E-state index in [4.69, 9.17) is 0 Å². The molecule has 1 aliphatic carbocycles. The van der Waals surface area contributed by atoms with Gasteiger partial charge in [0, 0.05) is 12.5 Å². The molecule has 1 heterocycles. The zero-order valence-electron chi connectivity index (χ0n) is 8.17. The van der Waals surface area contributed by atoms with Gasteiger partial charge in [-0.2, -0.15) is 5.10 Å². The quantitative estimate of drug-likeness (QED) is 0.847. The Balaban J connectivity index is 2.11. The third-order valence-electron chi connectivity index (χ3n) is 2.66. The predicted molar refractivity (Wildman–Crippen MR) is 61.9 cm³/mol. The van der Waals surface area contributed by atoms with Crippen molar-refractivity contribution in [1.82, 2.24) is 9.78 Å². The number of aromatic nitrogens is 2. The van der Waals surface area contributed by atoms with Crippen LogP contribution in [0.5, 0.6) is 0 Å². The summed E-state index contributed by atoms with van der Waals surface area (Å²) in [5, 5.41) is 6.97. The first-order chi connectivity index (χ1) is 6.53. The Morgan fingerprint density at radius 1 is 1.71 bits per heavy atom. The van der Waals surface area contributed by atoms with Gasteiger partial charge in [0.1, 0.15) is 3.70 Å². The summed E-state index contributed by atoms with van der Waals surface area (Å²) in [4.78, 5) is 11.7. The molecule has 0 aliphatic heterocycles. The minimum Gasteiger partial charge on any atom is -0.322 e. The summed E-state index contributed by atoms with van der Waals surface area (Å²) in [5.74, 6) is 0.114. The smallest absolute Gasteiger partial charge is 0.230 e. The fourth-order valence-corrected chi connectivity index (χ4v) is 1.59. The van der Waals surface area contributed by atoms with E-state index in [1.54, 1.807) is 10.9 Å². The highest BCUT2D eigenvalue weighted by Crippen LogP contribution is 2.45. The summed E-state index contributed by atoms with van der Waals surface area (Å²) < 4.78 is 2.70. The lowest BCUT2D eigenvalue weighted by Gasteiger charge is -2.08. The molecule has 0 spiro atoms. The van der Waals surface area contributed by atoms with Gasteiger partial charge in [-0.25, -0.2) is 0 Å². The van der Waals surface area contributed by atoms with Crippen LogP contribution in [0.15, 0.2) is 6.20 Å². The number of amides is 1. The Kier molecular flexibility index (Phi) is 2.29. The van der Waals surface area contributed by atoms with Crippen molar-refractivity contribution in [3.63, 3.8) is 0 Å². The monoisotopic (exact) mass is 305 g/mol. The fourth-order valence-electron chi connectivity index (χ4n) is 1.19. The zero-order chi connectivity index (χ0) is 10.3. The molecule has 1 aromatic heterocycles. The molecule has 1 aliphatic rings. The van der Waals surface area contributed by atoms with Crippen molar-refractivity contribution in [2.24, 2.45) is 12.5 Å². The van der Waals surface area contributed by atoms with Gasteiger partial charge in [0.05, 0.1) is 11.9 Å². The minimum absolute atomic E-state index is 0.114. The summed E-state index contributed by atoms with van der Waals surface area (Å²) in [6, 6.07) is 0. The van der Waals surface area contributed by atoms with Crippen LogP contribution in [0.2, 0.25) is 0 Å². The molecule has 14 heavy (non-hydrogen) atoms. The standard InChI is InChI=1S/C9H12IN3O/c1-9(3-4-9)8(14)12-6-5-11-13(2)7(6)10/h5H,3-4H2,1-2H3,(H,12,14). The molecule has 1 aromatic rings. The van der Waals surface area contributed by atoms with E-state index in [1.807, 2.05) is 14.0 Å². The molecule has 1 fully saturated rings. The highest BCUT2D eigenvalue weighted by molar-refractivity contribution is 14.1. The van der Waals surface area contributed by atoms with Crippen molar-refractivity contribution in [2.75, 3.05) is 5.32 Å². The maximum absolute atomic E-state index is 11.7. The number of nitrogens with zero attached hydrogens (tertiary/aromatic N) is 2. The van der Waals surface area contributed by atoms with Crippen molar-refractivity contribution >= 4 is 34.2 Å². The lowest BCUT2D eigenvalue weighted by molar-refractivity contribution is -0.120. The van der Waals surface area contributed by atoms with Crippen LogP contribution in [-0.4, -0.2) is 15.7 Å². The van der Waals surface area contributed by atoms with Crippen molar-refractivity contribution in [1.29, 1.82) is 0 Å². The average Bonchev–Trinajstić information content (AvgIpc) is 2.83. The molecule has 0 aromatic carbocycles. The Morgan fingerprint density at radius 3 is 2.79 bits per heavy atom. The molecule has 0 radical (unpaired) electrons. The van der Waals surface area contributed by atoms with E-state index < -0.39 is 0 Å². The number of carbonyl (C=O) groups excluding carboxylic acids is 1. The number of nitrogens with one attached hydrogen (secondary N) is 1. The van der Waals surface area contributed by atoms with Gasteiger partial charge in [0.15, 0.2) is 0 Å². The SMILES string of the molecule is Cn1ncc(NC(=O)C2(C)CC2)c1I. The van der Waals surface area contributed by atoms with E-state index in [0.717, 1.165) is 22.2 Å². The first kappa shape index (κ1) is 9.95. The maximum Gasteiger partial charge on any atom is 0.230 e. The van der Waals surface area contributed by atoms with Crippen LogP contribution < -0.4 is 5.32 Å². The largest absolute Gasteiger partial charge is 0.322 e. The molecular formula is C9H12IN3O. The summed E-state index contributed by atoms with van der Waals surface area (Å²) in [5.41, 5.74) is 0.685. The third-order valence-corrected chi connectivity index (χ3v) is 3.94. The van der Waals surface area contributed by atoms with E-state index >= 15 is 0 Å². The molecular weight excluding hydrogens is 293 g/mol. The summed E-state index contributed by atoms with van der Waals surface area (Å²) in [7, 11) is 1.86. The first-order valence-electron chi connectivity index (χ1n) is 4.52. The Labute approximate surface area is 96.2 Å². The molecule has 0 saturated heterocycles. The highest BCUT2D eigenvalue weighted by atomic mass is 127. The van der Waals surface area contributed by atoms with Crippen molar-refractivity contribution in [3.05, 3.63) is 9.90 Å². The van der Waals surface area contributed by atoms with E-state index in [0.29, 0.717) is 0 Å². The molecule has 0 bridgehead atoms. The predicted octanol–water partition coefficient (Wildman–Crippen LogP) is 1.76. The number of hydrogen-bond donors (Lipinski definition) is 1. The Bertz CT molecular complexity index is 381. The van der Waals surface area contributed by atoms with Crippen LogP contribution >= 0.6 is 22.6 Å². The van der Waals surface area contributed by atoms with Gasteiger partial charge >= 0.3 is 0 Å². The van der Waals surface area contributed by atoms with Gasteiger partial charge in [0.25, 0.3) is 0 Å². The molecule has 76 valence electrons. The lowest BCUT2D eigenvalue weighted by atomic mass is 10.1. The zero-order valence-corrected chi connectivity index (χ0v) is 10.3. The van der Waals surface area contributed by atoms with Gasteiger partial charge in [-0.1, -0.05) is 6.92 Å². The number of halogens is 1. The number of rotatable bonds is 2. The van der Waals surface area contributed by atoms with Gasteiger partial charge < -0.3 is 5.32 Å². The van der Waals surface area contributed by atoms with Crippen LogP contribution in [-0.2, 0) is 11.8 Å². The van der Waals surface area contributed by atoms with E-state index in [-0.39, 0.29) is 11.3 Å². The number of carbonyl (C=O) groups is 1. The second-order valence-corrected chi connectivity index (χ2v) is 5.01. The Hall–Kier alpha value is -0.590. The van der Waals surface area contributed by atoms with Crippen molar-refractivity contribution < 1.29 is 4.79 Å². The summed E-state index contributed by atoms with van der Waals surface area (Å²) in [6.07, 6.45) is 3.68. The number of aryl methyl sites for hydroxylation is 1.